The molecule has 4 atom stereocenters. The van der Waals surface area contributed by atoms with E-state index in [-0.39, 0.29) is 0 Å². The fourth-order valence-corrected chi connectivity index (χ4v) is 5.19. The summed E-state index contributed by atoms with van der Waals surface area (Å²) >= 11 is 0. The summed E-state index contributed by atoms with van der Waals surface area (Å²) in [6.45, 7) is 3.35. The molecule has 0 aliphatic heterocycles. The van der Waals surface area contributed by atoms with Crippen molar-refractivity contribution in [3.63, 3.8) is 0 Å². The molecule has 3 saturated carbocycles. The van der Waals surface area contributed by atoms with Gasteiger partial charge >= 0.3 is 0 Å². The van der Waals surface area contributed by atoms with Crippen LogP contribution in [0, 0.1) is 17.8 Å². The van der Waals surface area contributed by atoms with Crippen molar-refractivity contribution in [1.82, 2.24) is 5.32 Å². The van der Waals surface area contributed by atoms with Gasteiger partial charge in [0, 0.05) is 6.04 Å². The first kappa shape index (κ1) is 13.8. The second-order valence-corrected chi connectivity index (χ2v) is 7.67. The third-order valence-electron chi connectivity index (χ3n) is 6.49. The van der Waals surface area contributed by atoms with Crippen LogP contribution in [0.5, 0.6) is 0 Å². The van der Waals surface area contributed by atoms with Gasteiger partial charge in [0.25, 0.3) is 0 Å². The Bertz CT molecular complexity index is 490. The Hall–Kier alpha value is -0.820. The summed E-state index contributed by atoms with van der Waals surface area (Å²) in [6.07, 6.45) is 10.2. The number of nitrogens with one attached hydrogen (secondary N) is 1. The summed E-state index contributed by atoms with van der Waals surface area (Å²) in [5.74, 6) is 3.77. The molecular weight excluding hydrogens is 254 g/mol. The minimum atomic E-state index is 0.602. The van der Waals surface area contributed by atoms with Crippen LogP contribution in [0.1, 0.15) is 75.0 Å². The Balaban J connectivity index is 1.58. The Morgan fingerprint density at radius 3 is 2.67 bits per heavy atom. The highest BCUT2D eigenvalue weighted by atomic mass is 14.9. The first-order valence-electron chi connectivity index (χ1n) is 9.18. The van der Waals surface area contributed by atoms with Gasteiger partial charge in [-0.2, -0.15) is 0 Å². The highest BCUT2D eigenvalue weighted by Crippen LogP contribution is 2.52. The molecule has 21 heavy (non-hydrogen) atoms. The van der Waals surface area contributed by atoms with E-state index < -0.39 is 0 Å². The maximum Gasteiger partial charge on any atom is 0.0351 e. The molecule has 3 fully saturated rings. The number of rotatable bonds is 5. The van der Waals surface area contributed by atoms with Crippen LogP contribution >= 0.6 is 0 Å². The van der Waals surface area contributed by atoms with E-state index in [1.54, 1.807) is 11.1 Å². The second-order valence-electron chi connectivity index (χ2n) is 7.67. The molecular formula is C20H29N. The van der Waals surface area contributed by atoms with Gasteiger partial charge in [-0.25, -0.2) is 0 Å². The molecule has 1 aromatic carbocycles. The monoisotopic (exact) mass is 283 g/mol. The number of fused-ring (bicyclic) bond motifs is 2. The summed E-state index contributed by atoms with van der Waals surface area (Å²) in [6, 6.07) is 10.2. The van der Waals surface area contributed by atoms with E-state index in [0.717, 1.165) is 30.2 Å². The summed E-state index contributed by atoms with van der Waals surface area (Å²) in [7, 11) is 0. The van der Waals surface area contributed by atoms with E-state index in [4.69, 9.17) is 0 Å². The predicted octanol–water partition coefficient (Wildman–Crippen LogP) is 5.04. The van der Waals surface area contributed by atoms with Crippen molar-refractivity contribution < 1.29 is 0 Å². The molecule has 4 rings (SSSR count). The minimum absolute atomic E-state index is 0.602. The third kappa shape index (κ3) is 2.54. The Kier molecular flexibility index (Phi) is 3.79. The predicted molar refractivity (Wildman–Crippen MR) is 88.4 cm³/mol. The molecule has 1 nitrogen and oxygen atoms in total. The first-order chi connectivity index (χ1) is 10.3. The molecule has 0 heterocycles. The van der Waals surface area contributed by atoms with Crippen molar-refractivity contribution in [1.29, 1.82) is 0 Å². The van der Waals surface area contributed by atoms with Crippen molar-refractivity contribution in [3.05, 3.63) is 35.4 Å². The highest BCUT2D eigenvalue weighted by Gasteiger charge is 2.43. The number of benzene rings is 1. The van der Waals surface area contributed by atoms with E-state index in [0.29, 0.717) is 6.04 Å². The first-order valence-corrected chi connectivity index (χ1v) is 9.18. The van der Waals surface area contributed by atoms with Crippen LogP contribution in [0.3, 0.4) is 0 Å². The molecule has 0 saturated heterocycles. The van der Waals surface area contributed by atoms with Crippen molar-refractivity contribution in [2.75, 3.05) is 6.54 Å². The van der Waals surface area contributed by atoms with Gasteiger partial charge in [0.2, 0.25) is 0 Å². The fourth-order valence-electron chi connectivity index (χ4n) is 5.19. The minimum Gasteiger partial charge on any atom is -0.310 e. The van der Waals surface area contributed by atoms with E-state index in [1.165, 1.54) is 44.9 Å². The SMILES string of the molecule is CCNC(c1cccc(C2CCC2)c1)C1CC2CCC1C2. The van der Waals surface area contributed by atoms with Crippen LogP contribution in [0.15, 0.2) is 24.3 Å². The maximum absolute atomic E-state index is 3.83. The van der Waals surface area contributed by atoms with Crippen LogP contribution in [0.4, 0.5) is 0 Å². The van der Waals surface area contributed by atoms with Crippen LogP contribution in [-0.2, 0) is 0 Å². The van der Waals surface area contributed by atoms with E-state index in [2.05, 4.69) is 36.5 Å². The fraction of sp³-hybridized carbons (Fsp3) is 0.700. The van der Waals surface area contributed by atoms with Gasteiger partial charge in [0.15, 0.2) is 0 Å². The molecule has 0 spiro atoms. The molecule has 1 N–H and O–H groups in total. The van der Waals surface area contributed by atoms with E-state index in [1.807, 2.05) is 0 Å². The smallest absolute Gasteiger partial charge is 0.0351 e. The molecule has 0 amide bonds. The quantitative estimate of drug-likeness (QED) is 0.798. The molecule has 1 aromatic rings. The zero-order valence-electron chi connectivity index (χ0n) is 13.4. The molecule has 0 radical (unpaired) electrons. The lowest BCUT2D eigenvalue weighted by molar-refractivity contribution is 0.253. The normalized spacial score (nSPS) is 33.1. The van der Waals surface area contributed by atoms with Gasteiger partial charge in [0.1, 0.15) is 0 Å². The third-order valence-corrected chi connectivity index (χ3v) is 6.49. The van der Waals surface area contributed by atoms with E-state index in [9.17, 15) is 0 Å². The molecule has 3 aliphatic rings. The molecule has 4 unspecified atom stereocenters. The second kappa shape index (κ2) is 5.76. The van der Waals surface area contributed by atoms with Gasteiger partial charge in [-0.05, 0) is 73.4 Å². The summed E-state index contributed by atoms with van der Waals surface area (Å²) in [4.78, 5) is 0. The lowest BCUT2D eigenvalue weighted by Gasteiger charge is -2.33. The zero-order valence-corrected chi connectivity index (χ0v) is 13.4. The van der Waals surface area contributed by atoms with Gasteiger partial charge in [-0.3, -0.25) is 0 Å². The van der Waals surface area contributed by atoms with Gasteiger partial charge in [0.05, 0.1) is 0 Å². The van der Waals surface area contributed by atoms with Crippen LogP contribution in [-0.4, -0.2) is 6.54 Å². The Morgan fingerprint density at radius 1 is 1.14 bits per heavy atom. The lowest BCUT2D eigenvalue weighted by Crippen LogP contribution is -2.31. The van der Waals surface area contributed by atoms with Gasteiger partial charge < -0.3 is 5.32 Å². The lowest BCUT2D eigenvalue weighted by atomic mass is 9.77. The average molecular weight is 283 g/mol. The van der Waals surface area contributed by atoms with Gasteiger partial charge in [-0.15, -0.1) is 0 Å². The maximum atomic E-state index is 3.83. The molecule has 114 valence electrons. The average Bonchev–Trinajstić information content (AvgIpc) is 3.06. The van der Waals surface area contributed by atoms with E-state index >= 15 is 0 Å². The Labute approximate surface area is 129 Å². The zero-order chi connectivity index (χ0) is 14.2. The number of hydrogen-bond donors (Lipinski definition) is 1. The van der Waals surface area contributed by atoms with Crippen molar-refractivity contribution in [2.45, 2.75) is 63.8 Å². The highest BCUT2D eigenvalue weighted by molar-refractivity contribution is 5.30. The topological polar surface area (TPSA) is 12.0 Å². The summed E-state index contributed by atoms with van der Waals surface area (Å²) in [5, 5.41) is 3.83. The van der Waals surface area contributed by atoms with Gasteiger partial charge in [-0.1, -0.05) is 44.0 Å². The molecule has 2 bridgehead atoms. The largest absolute Gasteiger partial charge is 0.310 e. The number of hydrogen-bond acceptors (Lipinski definition) is 1. The summed E-state index contributed by atoms with van der Waals surface area (Å²) < 4.78 is 0. The van der Waals surface area contributed by atoms with Crippen LogP contribution < -0.4 is 5.32 Å². The van der Waals surface area contributed by atoms with Crippen molar-refractivity contribution in [2.24, 2.45) is 17.8 Å². The molecule has 3 aliphatic carbocycles. The van der Waals surface area contributed by atoms with Crippen molar-refractivity contribution >= 4 is 0 Å². The molecule has 0 aromatic heterocycles. The van der Waals surface area contributed by atoms with Crippen molar-refractivity contribution in [3.8, 4) is 0 Å². The summed E-state index contributed by atoms with van der Waals surface area (Å²) in [5.41, 5.74) is 3.17. The standard InChI is InChI=1S/C20H29N/c1-2-21-20(19-12-14-9-10-17(19)11-14)18-8-4-7-16(13-18)15-5-3-6-15/h4,7-8,13-15,17,19-21H,2-3,5-6,9-12H2,1H3. The Morgan fingerprint density at radius 2 is 2.05 bits per heavy atom. The molecule has 1 heteroatoms. The van der Waals surface area contributed by atoms with Crippen LogP contribution in [0.2, 0.25) is 0 Å². The van der Waals surface area contributed by atoms with Crippen LogP contribution in [0.25, 0.3) is 0 Å².